The molecule has 27 heavy (non-hydrogen) atoms. The van der Waals surface area contributed by atoms with Gasteiger partial charge < -0.3 is 15.0 Å². The molecule has 0 aliphatic carbocycles. The van der Waals surface area contributed by atoms with E-state index in [9.17, 15) is 4.79 Å². The lowest BCUT2D eigenvalue weighted by Gasteiger charge is -2.36. The van der Waals surface area contributed by atoms with Crippen LogP contribution < -0.4 is 15.0 Å². The Morgan fingerprint density at radius 1 is 1.04 bits per heavy atom. The summed E-state index contributed by atoms with van der Waals surface area (Å²) in [6, 6.07) is 14.2. The Hall–Kier alpha value is -2.53. The second kappa shape index (κ2) is 8.91. The highest BCUT2D eigenvalue weighted by molar-refractivity contribution is 5.91. The lowest BCUT2D eigenvalue weighted by Crippen LogP contribution is -2.47. The predicted octanol–water partition coefficient (Wildman–Crippen LogP) is 3.46. The SMILES string of the molecule is COc1ccc(N2CCN(CCC(=O)Nc3cccc(C)c3C)CC2)cc1. The van der Waals surface area contributed by atoms with Crippen molar-refractivity contribution in [3.05, 3.63) is 53.6 Å². The van der Waals surface area contributed by atoms with Gasteiger partial charge >= 0.3 is 0 Å². The molecular weight excluding hydrogens is 338 g/mol. The van der Waals surface area contributed by atoms with Gasteiger partial charge in [0.25, 0.3) is 0 Å². The first-order valence-corrected chi connectivity index (χ1v) is 9.54. The number of anilines is 2. The van der Waals surface area contributed by atoms with E-state index in [0.29, 0.717) is 6.42 Å². The number of amides is 1. The van der Waals surface area contributed by atoms with E-state index in [0.717, 1.165) is 49.7 Å². The summed E-state index contributed by atoms with van der Waals surface area (Å²) in [6.45, 7) is 8.81. The van der Waals surface area contributed by atoms with Gasteiger partial charge in [-0.15, -0.1) is 0 Å². The van der Waals surface area contributed by atoms with Crippen molar-refractivity contribution in [2.24, 2.45) is 0 Å². The van der Waals surface area contributed by atoms with Crippen LogP contribution in [0.5, 0.6) is 5.75 Å². The van der Waals surface area contributed by atoms with Crippen LogP contribution in [0.15, 0.2) is 42.5 Å². The van der Waals surface area contributed by atoms with Gasteiger partial charge in [0.2, 0.25) is 5.91 Å². The Morgan fingerprint density at radius 2 is 1.74 bits per heavy atom. The van der Waals surface area contributed by atoms with E-state index in [2.05, 4.69) is 40.2 Å². The monoisotopic (exact) mass is 367 g/mol. The zero-order valence-electron chi connectivity index (χ0n) is 16.5. The second-order valence-electron chi connectivity index (χ2n) is 7.07. The summed E-state index contributed by atoms with van der Waals surface area (Å²) in [5, 5.41) is 3.05. The normalized spacial score (nSPS) is 14.9. The topological polar surface area (TPSA) is 44.8 Å². The van der Waals surface area contributed by atoms with Crippen LogP contribution in [0.2, 0.25) is 0 Å². The third-order valence-corrected chi connectivity index (χ3v) is 5.34. The molecule has 1 heterocycles. The van der Waals surface area contributed by atoms with Gasteiger partial charge in [-0.25, -0.2) is 0 Å². The molecule has 0 saturated carbocycles. The zero-order chi connectivity index (χ0) is 19.2. The highest BCUT2D eigenvalue weighted by Crippen LogP contribution is 2.21. The van der Waals surface area contributed by atoms with E-state index in [1.807, 2.05) is 31.2 Å². The summed E-state index contributed by atoms with van der Waals surface area (Å²) in [4.78, 5) is 17.0. The molecule has 1 N–H and O–H groups in total. The van der Waals surface area contributed by atoms with Gasteiger partial charge in [0.1, 0.15) is 5.75 Å². The number of nitrogens with zero attached hydrogens (tertiary/aromatic N) is 2. The van der Waals surface area contributed by atoms with E-state index >= 15 is 0 Å². The number of nitrogens with one attached hydrogen (secondary N) is 1. The molecule has 1 saturated heterocycles. The van der Waals surface area contributed by atoms with Crippen LogP contribution in [-0.4, -0.2) is 50.6 Å². The van der Waals surface area contributed by atoms with Gasteiger partial charge in [0, 0.05) is 50.5 Å². The smallest absolute Gasteiger partial charge is 0.225 e. The van der Waals surface area contributed by atoms with Crippen molar-refractivity contribution in [1.82, 2.24) is 4.90 Å². The zero-order valence-corrected chi connectivity index (χ0v) is 16.5. The largest absolute Gasteiger partial charge is 0.497 e. The number of benzene rings is 2. The molecule has 0 unspecified atom stereocenters. The third-order valence-electron chi connectivity index (χ3n) is 5.34. The highest BCUT2D eigenvalue weighted by atomic mass is 16.5. The molecule has 3 rings (SSSR count). The molecule has 0 spiro atoms. The number of ether oxygens (including phenoxy) is 1. The average Bonchev–Trinajstić information content (AvgIpc) is 2.70. The number of piperazine rings is 1. The number of methoxy groups -OCH3 is 1. The van der Waals surface area contributed by atoms with Gasteiger partial charge in [-0.1, -0.05) is 12.1 Å². The minimum absolute atomic E-state index is 0.0845. The Balaban J connectivity index is 1.43. The van der Waals surface area contributed by atoms with E-state index in [1.165, 1.54) is 11.3 Å². The number of rotatable bonds is 6. The summed E-state index contributed by atoms with van der Waals surface area (Å²) in [7, 11) is 1.68. The van der Waals surface area contributed by atoms with E-state index < -0.39 is 0 Å². The van der Waals surface area contributed by atoms with Crippen LogP contribution in [-0.2, 0) is 4.79 Å². The lowest BCUT2D eigenvalue weighted by atomic mass is 10.1. The Morgan fingerprint density at radius 3 is 2.41 bits per heavy atom. The second-order valence-corrected chi connectivity index (χ2v) is 7.07. The minimum Gasteiger partial charge on any atom is -0.497 e. The van der Waals surface area contributed by atoms with E-state index in [-0.39, 0.29) is 5.91 Å². The predicted molar refractivity (Wildman–Crippen MR) is 111 cm³/mol. The lowest BCUT2D eigenvalue weighted by molar-refractivity contribution is -0.116. The minimum atomic E-state index is 0.0845. The molecule has 5 heteroatoms. The number of hydrogen-bond acceptors (Lipinski definition) is 4. The van der Waals surface area contributed by atoms with Crippen molar-refractivity contribution >= 4 is 17.3 Å². The fourth-order valence-corrected chi connectivity index (χ4v) is 3.38. The van der Waals surface area contributed by atoms with Gasteiger partial charge in [0.05, 0.1) is 7.11 Å². The number of hydrogen-bond donors (Lipinski definition) is 1. The van der Waals surface area contributed by atoms with Gasteiger partial charge in [0.15, 0.2) is 0 Å². The first kappa shape index (κ1) is 19.2. The third kappa shape index (κ3) is 5.01. The molecule has 0 aromatic heterocycles. The quantitative estimate of drug-likeness (QED) is 0.849. The molecule has 2 aromatic rings. The van der Waals surface area contributed by atoms with E-state index in [4.69, 9.17) is 4.74 Å². The Kier molecular flexibility index (Phi) is 6.35. The number of carbonyl (C=O) groups is 1. The number of aryl methyl sites for hydroxylation is 1. The molecule has 2 aromatic carbocycles. The van der Waals surface area contributed by atoms with Crippen molar-refractivity contribution < 1.29 is 9.53 Å². The maximum atomic E-state index is 12.3. The van der Waals surface area contributed by atoms with Crippen LogP contribution in [0.3, 0.4) is 0 Å². The Labute approximate surface area is 161 Å². The maximum absolute atomic E-state index is 12.3. The summed E-state index contributed by atoms with van der Waals surface area (Å²) in [5.41, 5.74) is 4.48. The molecule has 5 nitrogen and oxygen atoms in total. The molecule has 0 bridgehead atoms. The van der Waals surface area contributed by atoms with Crippen LogP contribution >= 0.6 is 0 Å². The van der Waals surface area contributed by atoms with Crippen LogP contribution in [0.4, 0.5) is 11.4 Å². The first-order chi connectivity index (χ1) is 13.1. The number of carbonyl (C=O) groups excluding carboxylic acids is 1. The van der Waals surface area contributed by atoms with Crippen molar-refractivity contribution in [2.75, 3.05) is 50.1 Å². The molecule has 1 aliphatic heterocycles. The molecule has 0 radical (unpaired) electrons. The summed E-state index contributed by atoms with van der Waals surface area (Å²) >= 11 is 0. The van der Waals surface area contributed by atoms with Crippen molar-refractivity contribution in [3.63, 3.8) is 0 Å². The molecule has 1 aliphatic rings. The maximum Gasteiger partial charge on any atom is 0.225 e. The van der Waals surface area contributed by atoms with Crippen LogP contribution in [0.25, 0.3) is 0 Å². The van der Waals surface area contributed by atoms with Gasteiger partial charge in [-0.3, -0.25) is 9.69 Å². The summed E-state index contributed by atoms with van der Waals surface area (Å²) in [6.07, 6.45) is 0.524. The highest BCUT2D eigenvalue weighted by Gasteiger charge is 2.18. The molecular formula is C22H29N3O2. The fraction of sp³-hybridized carbons (Fsp3) is 0.409. The van der Waals surface area contributed by atoms with Crippen molar-refractivity contribution in [1.29, 1.82) is 0 Å². The van der Waals surface area contributed by atoms with Crippen molar-refractivity contribution in [2.45, 2.75) is 20.3 Å². The van der Waals surface area contributed by atoms with E-state index in [1.54, 1.807) is 7.11 Å². The van der Waals surface area contributed by atoms with Crippen LogP contribution in [0.1, 0.15) is 17.5 Å². The summed E-state index contributed by atoms with van der Waals surface area (Å²) < 4.78 is 5.22. The van der Waals surface area contributed by atoms with Gasteiger partial charge in [-0.05, 0) is 55.3 Å². The molecule has 0 atom stereocenters. The molecule has 1 amide bonds. The summed E-state index contributed by atoms with van der Waals surface area (Å²) in [5.74, 6) is 0.966. The first-order valence-electron chi connectivity index (χ1n) is 9.54. The standard InChI is InChI=1S/C22H29N3O2/c1-17-5-4-6-21(18(17)2)23-22(26)11-12-24-13-15-25(16-14-24)19-7-9-20(27-3)10-8-19/h4-10H,11-16H2,1-3H3,(H,23,26). The van der Waals surface area contributed by atoms with Crippen LogP contribution in [0, 0.1) is 13.8 Å². The average molecular weight is 367 g/mol. The molecule has 144 valence electrons. The molecule has 1 fully saturated rings. The van der Waals surface area contributed by atoms with Crippen molar-refractivity contribution in [3.8, 4) is 5.75 Å². The fourth-order valence-electron chi connectivity index (χ4n) is 3.38. The Bertz CT molecular complexity index is 766. The van der Waals surface area contributed by atoms with Gasteiger partial charge in [-0.2, -0.15) is 0 Å².